The van der Waals surface area contributed by atoms with Crippen LogP contribution in [0.3, 0.4) is 0 Å². The Morgan fingerprint density at radius 2 is 2.10 bits per heavy atom. The molecular formula is C15H21N3O2. The molecule has 20 heavy (non-hydrogen) atoms. The van der Waals surface area contributed by atoms with Crippen LogP contribution in [0.4, 0.5) is 0 Å². The SMILES string of the molecule is CCNC(c1cnn(C)c1)c1cccc(OC)c1OC. The highest BCUT2D eigenvalue weighted by atomic mass is 16.5. The van der Waals surface area contributed by atoms with Crippen molar-refractivity contribution in [3.05, 3.63) is 41.7 Å². The summed E-state index contributed by atoms with van der Waals surface area (Å²) in [5.41, 5.74) is 2.14. The van der Waals surface area contributed by atoms with E-state index in [9.17, 15) is 0 Å². The lowest BCUT2D eigenvalue weighted by Crippen LogP contribution is -2.22. The number of hydrogen-bond acceptors (Lipinski definition) is 4. The van der Waals surface area contributed by atoms with Crippen LogP contribution in [0.25, 0.3) is 0 Å². The van der Waals surface area contributed by atoms with Crippen molar-refractivity contribution in [2.45, 2.75) is 13.0 Å². The average Bonchev–Trinajstić information content (AvgIpc) is 2.90. The summed E-state index contributed by atoms with van der Waals surface area (Å²) in [4.78, 5) is 0. The standard InChI is InChI=1S/C15H21N3O2/c1-5-16-14(11-9-17-18(2)10-11)12-7-6-8-13(19-3)15(12)20-4/h6-10,14,16H,5H2,1-4H3. The maximum atomic E-state index is 5.53. The maximum absolute atomic E-state index is 5.53. The number of nitrogens with one attached hydrogen (secondary N) is 1. The number of aromatic nitrogens is 2. The second kappa shape index (κ2) is 6.43. The Kier molecular flexibility index (Phi) is 4.63. The third kappa shape index (κ3) is 2.77. The zero-order valence-corrected chi connectivity index (χ0v) is 12.4. The van der Waals surface area contributed by atoms with E-state index in [0.29, 0.717) is 0 Å². The molecule has 108 valence electrons. The van der Waals surface area contributed by atoms with Gasteiger partial charge in [-0.1, -0.05) is 19.1 Å². The Morgan fingerprint density at radius 3 is 2.65 bits per heavy atom. The van der Waals surface area contributed by atoms with Crippen molar-refractivity contribution in [1.82, 2.24) is 15.1 Å². The third-order valence-corrected chi connectivity index (χ3v) is 3.21. The van der Waals surface area contributed by atoms with Gasteiger partial charge in [0.05, 0.1) is 26.5 Å². The van der Waals surface area contributed by atoms with Gasteiger partial charge in [0.1, 0.15) is 0 Å². The smallest absolute Gasteiger partial charge is 0.165 e. The van der Waals surface area contributed by atoms with Crippen molar-refractivity contribution in [1.29, 1.82) is 0 Å². The number of methoxy groups -OCH3 is 2. The minimum atomic E-state index is 0.0266. The molecule has 0 radical (unpaired) electrons. The van der Waals surface area contributed by atoms with E-state index in [2.05, 4.69) is 17.3 Å². The Morgan fingerprint density at radius 1 is 1.30 bits per heavy atom. The van der Waals surface area contributed by atoms with Crippen molar-refractivity contribution in [2.75, 3.05) is 20.8 Å². The molecule has 0 amide bonds. The molecule has 0 aliphatic carbocycles. The van der Waals surface area contributed by atoms with Crippen LogP contribution in [0.2, 0.25) is 0 Å². The van der Waals surface area contributed by atoms with E-state index in [1.807, 2.05) is 37.6 Å². The number of benzene rings is 1. The number of hydrogen-bond donors (Lipinski definition) is 1. The molecule has 5 nitrogen and oxygen atoms in total. The first-order valence-corrected chi connectivity index (χ1v) is 6.64. The maximum Gasteiger partial charge on any atom is 0.165 e. The Bertz CT molecular complexity index is 566. The van der Waals surface area contributed by atoms with Crippen molar-refractivity contribution in [3.8, 4) is 11.5 Å². The molecule has 0 aliphatic heterocycles. The zero-order chi connectivity index (χ0) is 14.5. The van der Waals surface area contributed by atoms with Gasteiger partial charge in [-0.2, -0.15) is 5.10 Å². The van der Waals surface area contributed by atoms with E-state index < -0.39 is 0 Å². The predicted molar refractivity (Wildman–Crippen MR) is 78.3 cm³/mol. The summed E-state index contributed by atoms with van der Waals surface area (Å²) in [5.74, 6) is 1.49. The molecule has 0 spiro atoms. The zero-order valence-electron chi connectivity index (χ0n) is 12.4. The monoisotopic (exact) mass is 275 g/mol. The van der Waals surface area contributed by atoms with E-state index in [0.717, 1.165) is 29.2 Å². The number of nitrogens with zero attached hydrogens (tertiary/aromatic N) is 2. The molecule has 1 N–H and O–H groups in total. The quantitative estimate of drug-likeness (QED) is 0.877. The number of para-hydroxylation sites is 1. The third-order valence-electron chi connectivity index (χ3n) is 3.21. The summed E-state index contributed by atoms with van der Waals surface area (Å²) in [5, 5.41) is 7.71. The summed E-state index contributed by atoms with van der Waals surface area (Å²) in [6, 6.07) is 5.94. The number of rotatable bonds is 6. The van der Waals surface area contributed by atoms with Crippen molar-refractivity contribution < 1.29 is 9.47 Å². The summed E-state index contributed by atoms with van der Waals surface area (Å²) in [6.45, 7) is 2.93. The second-order valence-electron chi connectivity index (χ2n) is 4.52. The molecule has 0 fully saturated rings. The van der Waals surface area contributed by atoms with Gasteiger partial charge in [0.15, 0.2) is 11.5 Å². The second-order valence-corrected chi connectivity index (χ2v) is 4.52. The predicted octanol–water partition coefficient (Wildman–Crippen LogP) is 2.14. The van der Waals surface area contributed by atoms with Gasteiger partial charge < -0.3 is 14.8 Å². The largest absolute Gasteiger partial charge is 0.493 e. The average molecular weight is 275 g/mol. The number of ether oxygens (including phenoxy) is 2. The molecule has 1 unspecified atom stereocenters. The van der Waals surface area contributed by atoms with Gasteiger partial charge in [-0.25, -0.2) is 0 Å². The topological polar surface area (TPSA) is 48.3 Å². The van der Waals surface area contributed by atoms with E-state index in [4.69, 9.17) is 9.47 Å². The Labute approximate surface area is 119 Å². The van der Waals surface area contributed by atoms with E-state index >= 15 is 0 Å². The van der Waals surface area contributed by atoms with Gasteiger partial charge in [-0.3, -0.25) is 4.68 Å². The molecule has 2 rings (SSSR count). The van der Waals surface area contributed by atoms with E-state index in [-0.39, 0.29) is 6.04 Å². The normalized spacial score (nSPS) is 12.2. The van der Waals surface area contributed by atoms with Crippen molar-refractivity contribution in [3.63, 3.8) is 0 Å². The van der Waals surface area contributed by atoms with Crippen LogP contribution in [0, 0.1) is 0 Å². The molecule has 5 heteroatoms. The van der Waals surface area contributed by atoms with Crippen LogP contribution >= 0.6 is 0 Å². The van der Waals surface area contributed by atoms with E-state index in [1.165, 1.54) is 0 Å². The van der Waals surface area contributed by atoms with Crippen LogP contribution in [0.1, 0.15) is 24.1 Å². The van der Waals surface area contributed by atoms with Crippen LogP contribution in [0.5, 0.6) is 11.5 Å². The Hall–Kier alpha value is -2.01. The first-order chi connectivity index (χ1) is 9.71. The summed E-state index contributed by atoms with van der Waals surface area (Å²) >= 11 is 0. The minimum absolute atomic E-state index is 0.0266. The van der Waals surface area contributed by atoms with Gasteiger partial charge in [0.25, 0.3) is 0 Å². The van der Waals surface area contributed by atoms with Gasteiger partial charge in [0, 0.05) is 24.4 Å². The highest BCUT2D eigenvalue weighted by Crippen LogP contribution is 2.36. The molecule has 1 atom stereocenters. The first-order valence-electron chi connectivity index (χ1n) is 6.64. The van der Waals surface area contributed by atoms with Gasteiger partial charge >= 0.3 is 0 Å². The van der Waals surface area contributed by atoms with Crippen LogP contribution in [-0.4, -0.2) is 30.5 Å². The lowest BCUT2D eigenvalue weighted by atomic mass is 10.00. The van der Waals surface area contributed by atoms with Crippen LogP contribution < -0.4 is 14.8 Å². The van der Waals surface area contributed by atoms with Gasteiger partial charge in [0.2, 0.25) is 0 Å². The molecular weight excluding hydrogens is 254 g/mol. The molecule has 1 aromatic carbocycles. The summed E-state index contributed by atoms with van der Waals surface area (Å²) < 4.78 is 12.7. The fraction of sp³-hybridized carbons (Fsp3) is 0.400. The Balaban J connectivity index is 2.49. The van der Waals surface area contributed by atoms with Gasteiger partial charge in [-0.05, 0) is 12.6 Å². The fourth-order valence-electron chi connectivity index (χ4n) is 2.34. The molecule has 1 heterocycles. The highest BCUT2D eigenvalue weighted by molar-refractivity contribution is 5.50. The minimum Gasteiger partial charge on any atom is -0.493 e. The summed E-state index contributed by atoms with van der Waals surface area (Å²) in [6.07, 6.45) is 3.87. The van der Waals surface area contributed by atoms with Crippen LogP contribution in [-0.2, 0) is 7.05 Å². The summed E-state index contributed by atoms with van der Waals surface area (Å²) in [7, 11) is 5.22. The van der Waals surface area contributed by atoms with E-state index in [1.54, 1.807) is 18.9 Å². The molecule has 0 saturated heterocycles. The highest BCUT2D eigenvalue weighted by Gasteiger charge is 2.21. The lowest BCUT2D eigenvalue weighted by molar-refractivity contribution is 0.349. The molecule has 0 bridgehead atoms. The number of aryl methyl sites for hydroxylation is 1. The van der Waals surface area contributed by atoms with Crippen molar-refractivity contribution >= 4 is 0 Å². The lowest BCUT2D eigenvalue weighted by Gasteiger charge is -2.21. The fourth-order valence-corrected chi connectivity index (χ4v) is 2.34. The molecule has 2 aromatic rings. The van der Waals surface area contributed by atoms with Crippen LogP contribution in [0.15, 0.2) is 30.6 Å². The molecule has 1 aromatic heterocycles. The first kappa shape index (κ1) is 14.4. The molecule has 0 aliphatic rings. The van der Waals surface area contributed by atoms with Crippen molar-refractivity contribution in [2.24, 2.45) is 7.05 Å². The van der Waals surface area contributed by atoms with Gasteiger partial charge in [-0.15, -0.1) is 0 Å². The molecule has 0 saturated carbocycles.